The van der Waals surface area contributed by atoms with E-state index in [9.17, 15) is 15.3 Å². The van der Waals surface area contributed by atoms with E-state index in [1.807, 2.05) is 30.3 Å². The Hall–Kier alpha value is -1.02. The number of aliphatic hydroxyl groups excluding tert-OH is 3. The predicted molar refractivity (Wildman–Crippen MR) is 66.7 cm³/mol. The van der Waals surface area contributed by atoms with Crippen molar-refractivity contribution in [1.29, 1.82) is 0 Å². The second-order valence-corrected chi connectivity index (χ2v) is 4.84. The molecule has 6 N–H and O–H groups in total. The van der Waals surface area contributed by atoms with E-state index >= 15 is 0 Å². The molecule has 1 aromatic rings. The number of rotatable bonds is 5. The van der Waals surface area contributed by atoms with Crippen LogP contribution in [0.5, 0.6) is 0 Å². The van der Waals surface area contributed by atoms with Crippen molar-refractivity contribution in [2.75, 3.05) is 6.61 Å². The van der Waals surface area contributed by atoms with Gasteiger partial charge in [-0.15, -0.1) is 0 Å². The largest absolute Gasteiger partial charge is 0.396 e. The maximum absolute atomic E-state index is 10.2. The van der Waals surface area contributed by atoms with E-state index < -0.39 is 36.6 Å². The molecule has 6 heteroatoms. The molecule has 1 fully saturated rings. The Morgan fingerprint density at radius 3 is 2.53 bits per heavy atom. The lowest BCUT2D eigenvalue weighted by atomic mass is 9.63. The average Bonchev–Trinajstić information content (AvgIpc) is 2.45. The number of nitrogens with two attached hydrogens (primary N) is 1. The van der Waals surface area contributed by atoms with Gasteiger partial charge in [-0.05, 0) is 5.56 Å². The minimum absolute atomic E-state index is 0.102. The molecule has 2 rings (SSSR count). The van der Waals surface area contributed by atoms with E-state index in [0.717, 1.165) is 5.56 Å². The van der Waals surface area contributed by atoms with Crippen LogP contribution in [0.15, 0.2) is 30.3 Å². The fourth-order valence-corrected chi connectivity index (χ4v) is 2.41. The summed E-state index contributed by atoms with van der Waals surface area (Å²) in [5.74, 6) is -0.909. The van der Waals surface area contributed by atoms with Crippen LogP contribution in [0.25, 0.3) is 0 Å². The molecule has 1 aliphatic carbocycles. The number of hydrogen-bond donors (Lipinski definition) is 5. The van der Waals surface area contributed by atoms with Crippen molar-refractivity contribution in [1.82, 2.24) is 0 Å². The molecule has 0 aromatic heterocycles. The molecule has 0 saturated heterocycles. The minimum Gasteiger partial charge on any atom is -0.396 e. The summed E-state index contributed by atoms with van der Waals surface area (Å²) in [6.07, 6.45) is -2.62. The number of hydrogen-bond acceptors (Lipinski definition) is 6. The standard InChI is InChI=1S/C13H19NO5/c14-11-10(16)9(6-15)13(11,18)12(17)19-7-8-4-2-1-3-5-8/h1-5,9-12,15-18H,6-7,14H2. The van der Waals surface area contributed by atoms with E-state index in [4.69, 9.17) is 15.6 Å². The molecule has 0 aliphatic heterocycles. The Bertz CT molecular complexity index is 415. The molecule has 1 aliphatic rings. The smallest absolute Gasteiger partial charge is 0.186 e. The Kier molecular flexibility index (Phi) is 4.19. The third-order valence-corrected chi connectivity index (χ3v) is 3.75. The van der Waals surface area contributed by atoms with E-state index in [1.54, 1.807) is 0 Å². The van der Waals surface area contributed by atoms with Gasteiger partial charge < -0.3 is 30.9 Å². The highest BCUT2D eigenvalue weighted by Gasteiger charge is 2.63. The second kappa shape index (κ2) is 5.54. The molecule has 19 heavy (non-hydrogen) atoms. The van der Waals surface area contributed by atoms with Crippen molar-refractivity contribution in [3.8, 4) is 0 Å². The molecular weight excluding hydrogens is 250 g/mol. The zero-order valence-corrected chi connectivity index (χ0v) is 10.4. The molecule has 5 unspecified atom stereocenters. The van der Waals surface area contributed by atoms with Gasteiger partial charge in [-0.3, -0.25) is 0 Å². The van der Waals surface area contributed by atoms with E-state index in [2.05, 4.69) is 0 Å². The van der Waals surface area contributed by atoms with E-state index in [0.29, 0.717) is 0 Å². The van der Waals surface area contributed by atoms with Crippen LogP contribution >= 0.6 is 0 Å². The average molecular weight is 269 g/mol. The summed E-state index contributed by atoms with van der Waals surface area (Å²) in [4.78, 5) is 0. The van der Waals surface area contributed by atoms with Gasteiger partial charge in [-0.1, -0.05) is 30.3 Å². The molecule has 0 heterocycles. The summed E-state index contributed by atoms with van der Waals surface area (Å²) in [6.45, 7) is -0.373. The Balaban J connectivity index is 1.98. The Morgan fingerprint density at radius 1 is 1.32 bits per heavy atom. The van der Waals surface area contributed by atoms with Crippen LogP contribution in [0.4, 0.5) is 0 Å². The zero-order valence-electron chi connectivity index (χ0n) is 10.4. The van der Waals surface area contributed by atoms with Crippen molar-refractivity contribution in [2.45, 2.75) is 30.6 Å². The quantitative estimate of drug-likeness (QED) is 0.418. The van der Waals surface area contributed by atoms with Gasteiger partial charge in [0.05, 0.1) is 25.4 Å². The summed E-state index contributed by atoms with van der Waals surface area (Å²) >= 11 is 0. The summed E-state index contributed by atoms with van der Waals surface area (Å²) in [7, 11) is 0. The van der Waals surface area contributed by atoms with Gasteiger partial charge in [-0.25, -0.2) is 0 Å². The Labute approximate surface area is 111 Å². The van der Waals surface area contributed by atoms with Crippen molar-refractivity contribution >= 4 is 0 Å². The van der Waals surface area contributed by atoms with Crippen molar-refractivity contribution in [3.05, 3.63) is 35.9 Å². The fourth-order valence-electron chi connectivity index (χ4n) is 2.41. The third kappa shape index (κ3) is 2.38. The minimum atomic E-state index is -1.83. The second-order valence-electron chi connectivity index (χ2n) is 4.84. The van der Waals surface area contributed by atoms with Crippen LogP contribution in [0.2, 0.25) is 0 Å². The molecule has 5 atom stereocenters. The van der Waals surface area contributed by atoms with Crippen LogP contribution in [0.1, 0.15) is 5.56 Å². The lowest BCUT2D eigenvalue weighted by molar-refractivity contribution is -0.311. The molecular formula is C13H19NO5. The van der Waals surface area contributed by atoms with Crippen molar-refractivity contribution in [3.63, 3.8) is 0 Å². The number of ether oxygens (including phenoxy) is 1. The summed E-state index contributed by atoms with van der Waals surface area (Å²) < 4.78 is 5.19. The highest BCUT2D eigenvalue weighted by atomic mass is 16.6. The fraction of sp³-hybridized carbons (Fsp3) is 0.538. The lowest BCUT2D eigenvalue weighted by Crippen LogP contribution is -2.79. The van der Waals surface area contributed by atoms with Crippen LogP contribution in [-0.4, -0.2) is 51.1 Å². The van der Waals surface area contributed by atoms with Gasteiger partial charge in [0.15, 0.2) is 6.29 Å². The highest BCUT2D eigenvalue weighted by molar-refractivity contribution is 5.16. The van der Waals surface area contributed by atoms with Gasteiger partial charge in [0.2, 0.25) is 0 Å². The summed E-state index contributed by atoms with van der Waals surface area (Å²) in [6, 6.07) is 8.10. The Morgan fingerprint density at radius 2 is 1.95 bits per heavy atom. The first-order chi connectivity index (χ1) is 9.01. The first-order valence-electron chi connectivity index (χ1n) is 6.12. The lowest BCUT2D eigenvalue weighted by Gasteiger charge is -2.55. The van der Waals surface area contributed by atoms with E-state index in [1.165, 1.54) is 0 Å². The molecule has 6 nitrogen and oxygen atoms in total. The first kappa shape index (κ1) is 14.4. The molecule has 0 amide bonds. The van der Waals surface area contributed by atoms with Gasteiger partial charge in [0.1, 0.15) is 5.60 Å². The zero-order chi connectivity index (χ0) is 14.0. The van der Waals surface area contributed by atoms with E-state index in [-0.39, 0.29) is 6.61 Å². The maximum atomic E-state index is 10.2. The molecule has 1 saturated carbocycles. The predicted octanol–water partition coefficient (Wildman–Crippen LogP) is -1.44. The van der Waals surface area contributed by atoms with Crippen LogP contribution in [-0.2, 0) is 11.3 Å². The third-order valence-electron chi connectivity index (χ3n) is 3.75. The SMILES string of the molecule is NC1C(O)C(CO)C1(O)C(O)OCc1ccccc1. The molecule has 0 bridgehead atoms. The highest BCUT2D eigenvalue weighted by Crippen LogP contribution is 2.40. The van der Waals surface area contributed by atoms with Crippen LogP contribution < -0.4 is 5.73 Å². The topological polar surface area (TPSA) is 116 Å². The number of benzene rings is 1. The molecule has 0 radical (unpaired) electrons. The van der Waals surface area contributed by atoms with Gasteiger partial charge in [0.25, 0.3) is 0 Å². The van der Waals surface area contributed by atoms with Gasteiger partial charge in [-0.2, -0.15) is 0 Å². The number of aliphatic hydroxyl groups is 4. The summed E-state index contributed by atoms with van der Waals surface area (Å²) in [5.41, 5.74) is 4.59. The molecule has 1 aromatic carbocycles. The maximum Gasteiger partial charge on any atom is 0.186 e. The molecule has 106 valence electrons. The normalized spacial score (nSPS) is 35.7. The van der Waals surface area contributed by atoms with Crippen molar-refractivity contribution < 1.29 is 25.2 Å². The molecule has 0 spiro atoms. The van der Waals surface area contributed by atoms with Crippen LogP contribution in [0.3, 0.4) is 0 Å². The van der Waals surface area contributed by atoms with Crippen LogP contribution in [0, 0.1) is 5.92 Å². The monoisotopic (exact) mass is 269 g/mol. The first-order valence-corrected chi connectivity index (χ1v) is 6.12. The van der Waals surface area contributed by atoms with Gasteiger partial charge >= 0.3 is 0 Å². The summed E-state index contributed by atoms with van der Waals surface area (Å²) in [5, 5.41) is 38.8. The van der Waals surface area contributed by atoms with Gasteiger partial charge in [0, 0.05) is 5.92 Å². The van der Waals surface area contributed by atoms with Crippen molar-refractivity contribution in [2.24, 2.45) is 11.7 Å².